The summed E-state index contributed by atoms with van der Waals surface area (Å²) in [5, 5.41) is 6.60. The fraction of sp³-hybridized carbons (Fsp3) is 0.515. The maximum Gasteiger partial charge on any atom is 0.250 e. The number of likely N-dealkylation sites (tertiary alicyclic amines) is 1. The van der Waals surface area contributed by atoms with Crippen molar-refractivity contribution >= 4 is 40.9 Å². The third-order valence-corrected chi connectivity index (χ3v) is 9.40. The van der Waals surface area contributed by atoms with Crippen molar-refractivity contribution in [1.29, 1.82) is 0 Å². The maximum atomic E-state index is 14.1. The summed E-state index contributed by atoms with van der Waals surface area (Å²) in [6, 6.07) is 16.4. The Bertz CT molecular complexity index is 1310. The van der Waals surface area contributed by atoms with E-state index in [9.17, 15) is 19.2 Å². The number of nitrogens with one attached hydrogen (secondary N) is 2. The summed E-state index contributed by atoms with van der Waals surface area (Å²) in [5.74, 6) is -0.681. The Balaban J connectivity index is 1.30. The molecule has 4 N–H and O–H groups in total. The van der Waals surface area contributed by atoms with E-state index in [-0.39, 0.29) is 49.2 Å². The van der Waals surface area contributed by atoms with E-state index < -0.39 is 11.6 Å². The van der Waals surface area contributed by atoms with Gasteiger partial charge < -0.3 is 31.1 Å². The molecule has 2 aromatic rings. The van der Waals surface area contributed by atoms with E-state index in [0.29, 0.717) is 44.0 Å². The first-order valence-corrected chi connectivity index (χ1v) is 16.1. The molecule has 0 unspecified atom stereocenters. The van der Waals surface area contributed by atoms with E-state index in [1.54, 1.807) is 21.9 Å². The predicted molar refractivity (Wildman–Crippen MR) is 170 cm³/mol. The molecule has 44 heavy (non-hydrogen) atoms. The standard InChI is InChI=1S/C33H43ClN6O4/c34-25-13-11-24(12-14-25)21-28(37-29(41)15-18-35)31(43)38-19-16-33(17-20-38)32(44)39(23-40(33)27-9-5-2-6-10-27)22-30(42)36-26-7-3-1-4-8-26/h2,5-6,9-14,26,28H,1,3-4,7-8,15-23,35H2,(H,36,42)(H,37,41)/t28-/m1/s1. The van der Waals surface area contributed by atoms with E-state index >= 15 is 0 Å². The van der Waals surface area contributed by atoms with Crippen molar-refractivity contribution in [3.05, 3.63) is 65.2 Å². The van der Waals surface area contributed by atoms with Crippen molar-refractivity contribution in [2.45, 2.75) is 75.4 Å². The van der Waals surface area contributed by atoms with E-state index in [1.165, 1.54) is 6.42 Å². The summed E-state index contributed by atoms with van der Waals surface area (Å²) < 4.78 is 0. The second-order valence-corrected chi connectivity index (χ2v) is 12.6. The SMILES string of the molecule is NCCC(=O)N[C@H](Cc1ccc(Cl)cc1)C(=O)N1CCC2(CC1)C(=O)N(CC(=O)NC1CCCCC1)CN2c1ccccc1. The number of para-hydroxylation sites is 1. The van der Waals surface area contributed by atoms with Crippen LogP contribution in [0.5, 0.6) is 0 Å². The Morgan fingerprint density at radius 3 is 2.30 bits per heavy atom. The van der Waals surface area contributed by atoms with Crippen LogP contribution >= 0.6 is 11.6 Å². The highest BCUT2D eigenvalue weighted by molar-refractivity contribution is 6.30. The topological polar surface area (TPSA) is 128 Å². The number of carbonyl (C=O) groups is 4. The summed E-state index contributed by atoms with van der Waals surface area (Å²) in [6.07, 6.45) is 6.66. The fourth-order valence-electron chi connectivity index (χ4n) is 6.79. The highest BCUT2D eigenvalue weighted by atomic mass is 35.5. The lowest BCUT2D eigenvalue weighted by Crippen LogP contribution is -2.60. The zero-order valence-corrected chi connectivity index (χ0v) is 25.9. The van der Waals surface area contributed by atoms with Gasteiger partial charge in [0, 0.05) is 49.2 Å². The lowest BCUT2D eigenvalue weighted by atomic mass is 9.85. The van der Waals surface area contributed by atoms with Gasteiger partial charge in [-0.25, -0.2) is 0 Å². The Hall–Kier alpha value is -3.63. The molecule has 2 aliphatic heterocycles. The minimum Gasteiger partial charge on any atom is -0.352 e. The molecule has 0 aromatic heterocycles. The van der Waals surface area contributed by atoms with Crippen LogP contribution in [0, 0.1) is 0 Å². The van der Waals surface area contributed by atoms with Crippen LogP contribution in [0.25, 0.3) is 0 Å². The molecule has 3 aliphatic rings. The van der Waals surface area contributed by atoms with Crippen molar-refractivity contribution < 1.29 is 19.2 Å². The van der Waals surface area contributed by atoms with Crippen molar-refractivity contribution in [2.24, 2.45) is 5.73 Å². The number of hydrogen-bond acceptors (Lipinski definition) is 6. The summed E-state index contributed by atoms with van der Waals surface area (Å²) in [6.45, 7) is 1.20. The molecule has 3 fully saturated rings. The van der Waals surface area contributed by atoms with Crippen LogP contribution in [0.15, 0.2) is 54.6 Å². The second-order valence-electron chi connectivity index (χ2n) is 12.2. The predicted octanol–water partition coefficient (Wildman–Crippen LogP) is 2.83. The van der Waals surface area contributed by atoms with E-state index in [1.807, 2.05) is 42.5 Å². The van der Waals surface area contributed by atoms with Crippen LogP contribution in [0.2, 0.25) is 5.02 Å². The average Bonchev–Trinajstić information content (AvgIpc) is 3.29. The summed E-state index contributed by atoms with van der Waals surface area (Å²) in [5.41, 5.74) is 6.50. The van der Waals surface area contributed by atoms with Gasteiger partial charge in [-0.05, 0) is 55.5 Å². The number of anilines is 1. The van der Waals surface area contributed by atoms with Gasteiger partial charge in [-0.3, -0.25) is 19.2 Å². The zero-order valence-electron chi connectivity index (χ0n) is 25.2. The number of hydrogen-bond donors (Lipinski definition) is 3. The molecule has 2 aromatic carbocycles. The van der Waals surface area contributed by atoms with Gasteiger partial charge in [0.05, 0.1) is 6.67 Å². The zero-order chi connectivity index (χ0) is 31.1. The molecular formula is C33H43ClN6O4. The number of carbonyl (C=O) groups excluding carboxylic acids is 4. The molecule has 10 nitrogen and oxygen atoms in total. The van der Waals surface area contributed by atoms with Gasteiger partial charge in [-0.15, -0.1) is 0 Å². The summed E-state index contributed by atoms with van der Waals surface area (Å²) in [7, 11) is 0. The number of piperidine rings is 1. The van der Waals surface area contributed by atoms with Gasteiger partial charge in [0.2, 0.25) is 17.7 Å². The monoisotopic (exact) mass is 622 g/mol. The molecule has 1 spiro atoms. The number of nitrogens with zero attached hydrogens (tertiary/aromatic N) is 3. The minimum atomic E-state index is -0.863. The van der Waals surface area contributed by atoms with Crippen LogP contribution < -0.4 is 21.3 Å². The quantitative estimate of drug-likeness (QED) is 0.374. The number of benzene rings is 2. The Morgan fingerprint density at radius 1 is 0.955 bits per heavy atom. The van der Waals surface area contributed by atoms with Crippen molar-refractivity contribution in [3.8, 4) is 0 Å². The first-order valence-electron chi connectivity index (χ1n) is 15.7. The molecule has 0 radical (unpaired) electrons. The number of amides is 4. The van der Waals surface area contributed by atoms with Crippen LogP contribution in [0.4, 0.5) is 5.69 Å². The van der Waals surface area contributed by atoms with Crippen LogP contribution in [0.3, 0.4) is 0 Å². The number of rotatable bonds is 10. The molecule has 1 atom stereocenters. The highest BCUT2D eigenvalue weighted by Gasteiger charge is 2.54. The first-order chi connectivity index (χ1) is 21.3. The molecule has 1 saturated carbocycles. The van der Waals surface area contributed by atoms with Gasteiger partial charge in [0.15, 0.2) is 0 Å². The lowest BCUT2D eigenvalue weighted by Gasteiger charge is -2.44. The largest absolute Gasteiger partial charge is 0.352 e. The van der Waals surface area contributed by atoms with Crippen LogP contribution in [-0.4, -0.2) is 83.9 Å². The average molecular weight is 623 g/mol. The Labute approximate surface area is 264 Å². The Kier molecular flexibility index (Phi) is 10.4. The number of nitrogens with two attached hydrogens (primary N) is 1. The number of halogens is 1. The van der Waals surface area contributed by atoms with Gasteiger partial charge in [0.25, 0.3) is 5.91 Å². The fourth-order valence-corrected chi connectivity index (χ4v) is 6.91. The smallest absolute Gasteiger partial charge is 0.250 e. The molecule has 236 valence electrons. The normalized spacial score (nSPS) is 19.2. The summed E-state index contributed by atoms with van der Waals surface area (Å²) in [4.78, 5) is 59.0. The van der Waals surface area contributed by atoms with Crippen LogP contribution in [0.1, 0.15) is 56.9 Å². The van der Waals surface area contributed by atoms with E-state index in [2.05, 4.69) is 15.5 Å². The highest BCUT2D eigenvalue weighted by Crippen LogP contribution is 2.39. The van der Waals surface area contributed by atoms with Gasteiger partial charge in [-0.2, -0.15) is 0 Å². The van der Waals surface area contributed by atoms with Crippen LogP contribution in [-0.2, 0) is 25.6 Å². The van der Waals surface area contributed by atoms with Gasteiger partial charge >= 0.3 is 0 Å². The third kappa shape index (κ3) is 7.35. The molecule has 4 amide bonds. The summed E-state index contributed by atoms with van der Waals surface area (Å²) >= 11 is 6.05. The van der Waals surface area contributed by atoms with E-state index in [4.69, 9.17) is 17.3 Å². The molecule has 0 bridgehead atoms. The molecule has 1 aliphatic carbocycles. The minimum absolute atomic E-state index is 0.0133. The van der Waals surface area contributed by atoms with Crippen molar-refractivity contribution in [2.75, 3.05) is 37.7 Å². The molecule has 2 heterocycles. The van der Waals surface area contributed by atoms with E-state index in [0.717, 1.165) is 36.9 Å². The maximum absolute atomic E-state index is 14.1. The molecular weight excluding hydrogens is 580 g/mol. The molecule has 11 heteroatoms. The third-order valence-electron chi connectivity index (χ3n) is 9.15. The Morgan fingerprint density at radius 2 is 1.64 bits per heavy atom. The van der Waals surface area contributed by atoms with Gasteiger partial charge in [0.1, 0.15) is 18.1 Å². The lowest BCUT2D eigenvalue weighted by molar-refractivity contribution is -0.141. The second kappa shape index (κ2) is 14.4. The van der Waals surface area contributed by atoms with Crippen molar-refractivity contribution in [3.63, 3.8) is 0 Å². The first kappa shape index (κ1) is 31.8. The molecule has 2 saturated heterocycles. The van der Waals surface area contributed by atoms with Gasteiger partial charge in [-0.1, -0.05) is 61.2 Å². The van der Waals surface area contributed by atoms with Crippen molar-refractivity contribution in [1.82, 2.24) is 20.4 Å². The molecule has 5 rings (SSSR count).